The molecule has 0 aliphatic carbocycles. The zero-order valence-electron chi connectivity index (χ0n) is 56.6. The molecule has 0 saturated carbocycles. The van der Waals surface area contributed by atoms with Crippen LogP contribution < -0.4 is 0 Å². The molecule has 0 aliphatic rings. The molecule has 0 bridgehead atoms. The van der Waals surface area contributed by atoms with Crippen molar-refractivity contribution in [3.05, 3.63) is 0 Å². The van der Waals surface area contributed by atoms with Gasteiger partial charge in [-0.3, -0.25) is 37.3 Å². The molecular weight excluding hydrogens is 1150 g/mol. The lowest BCUT2D eigenvalue weighted by Gasteiger charge is -2.21. The number of aliphatic hydroxyl groups is 1. The van der Waals surface area contributed by atoms with Gasteiger partial charge in [0.2, 0.25) is 0 Å². The summed E-state index contributed by atoms with van der Waals surface area (Å²) in [4.78, 5) is 72.4. The average Bonchev–Trinajstić information content (AvgIpc) is 3.63. The van der Waals surface area contributed by atoms with Crippen molar-refractivity contribution in [3.8, 4) is 0 Å². The predicted octanol–water partition coefficient (Wildman–Crippen LogP) is 18.9. The van der Waals surface area contributed by atoms with Gasteiger partial charge in [0.05, 0.1) is 26.4 Å². The van der Waals surface area contributed by atoms with Crippen LogP contribution in [-0.4, -0.2) is 96.7 Å². The largest absolute Gasteiger partial charge is 0.472 e. The van der Waals surface area contributed by atoms with Crippen LogP contribution in [0.25, 0.3) is 0 Å². The number of hydrogen-bond acceptors (Lipinski definition) is 15. The molecule has 0 spiro atoms. The molecule has 17 nitrogen and oxygen atoms in total. The van der Waals surface area contributed by atoms with Gasteiger partial charge in [-0.1, -0.05) is 280 Å². The fourth-order valence-electron chi connectivity index (χ4n) is 10.1. The lowest BCUT2D eigenvalue weighted by atomic mass is 9.99. The monoisotopic (exact) mass is 1280 g/mol. The first-order chi connectivity index (χ1) is 41.6. The molecule has 4 unspecified atom stereocenters. The normalized spacial score (nSPS) is 14.6. The van der Waals surface area contributed by atoms with Crippen LogP contribution >= 0.6 is 15.6 Å². The van der Waals surface area contributed by atoms with E-state index in [-0.39, 0.29) is 25.7 Å². The van der Waals surface area contributed by atoms with Gasteiger partial charge in [-0.15, -0.1) is 0 Å². The molecule has 3 N–H and O–H groups in total. The zero-order valence-corrected chi connectivity index (χ0v) is 58.4. The average molecular weight is 1280 g/mol. The van der Waals surface area contributed by atoms with Crippen molar-refractivity contribution in [2.45, 2.75) is 350 Å². The van der Waals surface area contributed by atoms with Crippen molar-refractivity contribution < 1.29 is 80.2 Å². The smallest absolute Gasteiger partial charge is 0.462 e. The van der Waals surface area contributed by atoms with Gasteiger partial charge in [0.15, 0.2) is 12.2 Å². The summed E-state index contributed by atoms with van der Waals surface area (Å²) < 4.78 is 68.2. The highest BCUT2D eigenvalue weighted by molar-refractivity contribution is 7.47. The Labute approximate surface area is 530 Å². The van der Waals surface area contributed by atoms with Crippen LogP contribution in [0, 0.1) is 23.7 Å². The van der Waals surface area contributed by atoms with Crippen molar-refractivity contribution in [1.29, 1.82) is 0 Å². The maximum absolute atomic E-state index is 13.0. The Morgan fingerprint density at radius 3 is 0.816 bits per heavy atom. The van der Waals surface area contributed by atoms with E-state index in [1.807, 2.05) is 0 Å². The molecule has 0 saturated heterocycles. The predicted molar refractivity (Wildman–Crippen MR) is 349 cm³/mol. The fourth-order valence-corrected chi connectivity index (χ4v) is 11.7. The summed E-state index contributed by atoms with van der Waals surface area (Å²) in [5.74, 6) is 0.833. The molecule has 516 valence electrons. The van der Waals surface area contributed by atoms with Crippen molar-refractivity contribution in [2.24, 2.45) is 23.7 Å². The number of esters is 4. The van der Waals surface area contributed by atoms with Crippen LogP contribution in [0.5, 0.6) is 0 Å². The summed E-state index contributed by atoms with van der Waals surface area (Å²) in [6, 6.07) is 0. The van der Waals surface area contributed by atoms with Crippen LogP contribution in [0.3, 0.4) is 0 Å². The Kier molecular flexibility index (Phi) is 56.6. The molecule has 0 fully saturated rings. The van der Waals surface area contributed by atoms with Gasteiger partial charge in [0.25, 0.3) is 0 Å². The Hall–Kier alpha value is -1.94. The van der Waals surface area contributed by atoms with Gasteiger partial charge in [-0.05, 0) is 49.4 Å². The van der Waals surface area contributed by atoms with E-state index in [1.54, 1.807) is 0 Å². The van der Waals surface area contributed by atoms with E-state index in [2.05, 4.69) is 55.4 Å². The minimum Gasteiger partial charge on any atom is -0.462 e. The van der Waals surface area contributed by atoms with Crippen molar-refractivity contribution in [1.82, 2.24) is 0 Å². The number of phosphoric ester groups is 2. The second-order valence-corrected chi connectivity index (χ2v) is 29.1. The first-order valence-electron chi connectivity index (χ1n) is 35.2. The molecular formula is C68H132O17P2. The number of ether oxygens (including phenoxy) is 4. The van der Waals surface area contributed by atoms with Crippen molar-refractivity contribution in [3.63, 3.8) is 0 Å². The first kappa shape index (κ1) is 85.1. The summed E-state index contributed by atoms with van der Waals surface area (Å²) in [5.41, 5.74) is 0. The molecule has 0 heterocycles. The number of carbonyl (C=O) groups excluding carboxylic acids is 4. The Balaban J connectivity index is 5.25. The lowest BCUT2D eigenvalue weighted by molar-refractivity contribution is -0.161. The third-order valence-corrected chi connectivity index (χ3v) is 17.8. The lowest BCUT2D eigenvalue weighted by Crippen LogP contribution is -2.30. The second kappa shape index (κ2) is 57.9. The van der Waals surface area contributed by atoms with Crippen LogP contribution in [0.1, 0.15) is 331 Å². The van der Waals surface area contributed by atoms with Gasteiger partial charge in [-0.2, -0.15) is 0 Å². The maximum Gasteiger partial charge on any atom is 0.472 e. The third-order valence-electron chi connectivity index (χ3n) is 15.9. The summed E-state index contributed by atoms with van der Waals surface area (Å²) >= 11 is 0. The number of hydrogen-bond donors (Lipinski definition) is 3. The highest BCUT2D eigenvalue weighted by atomic mass is 31.2. The highest BCUT2D eigenvalue weighted by Crippen LogP contribution is 2.45. The minimum absolute atomic E-state index is 0.103. The second-order valence-electron chi connectivity index (χ2n) is 26.2. The summed E-state index contributed by atoms with van der Waals surface area (Å²) in [5, 5.41) is 10.6. The molecule has 0 rings (SSSR count). The molecule has 0 aromatic heterocycles. The molecule has 0 aromatic rings. The Morgan fingerprint density at radius 2 is 0.552 bits per heavy atom. The van der Waals surface area contributed by atoms with E-state index < -0.39 is 97.5 Å². The van der Waals surface area contributed by atoms with Crippen molar-refractivity contribution >= 4 is 39.5 Å². The molecule has 87 heavy (non-hydrogen) atoms. The van der Waals surface area contributed by atoms with Gasteiger partial charge < -0.3 is 33.8 Å². The van der Waals surface area contributed by atoms with Gasteiger partial charge in [-0.25, -0.2) is 9.13 Å². The van der Waals surface area contributed by atoms with Crippen LogP contribution in [0.15, 0.2) is 0 Å². The molecule has 0 amide bonds. The summed E-state index contributed by atoms with van der Waals surface area (Å²) in [7, 11) is -9.90. The molecule has 0 radical (unpaired) electrons. The van der Waals surface area contributed by atoms with Gasteiger partial charge in [0, 0.05) is 25.7 Å². The number of unbranched alkanes of at least 4 members (excludes halogenated alkanes) is 30. The number of phosphoric acid groups is 2. The Morgan fingerprint density at radius 1 is 0.322 bits per heavy atom. The maximum atomic E-state index is 13.0. The fraction of sp³-hybridized carbons (Fsp3) is 0.941. The summed E-state index contributed by atoms with van der Waals surface area (Å²) in [6.07, 6.45) is 39.0. The molecule has 0 aromatic carbocycles. The van der Waals surface area contributed by atoms with E-state index >= 15 is 0 Å². The minimum atomic E-state index is -4.95. The van der Waals surface area contributed by atoms with Gasteiger partial charge >= 0.3 is 39.5 Å². The molecule has 6 atom stereocenters. The number of aliphatic hydroxyl groups excluding tert-OH is 1. The number of carbonyl (C=O) groups is 4. The highest BCUT2D eigenvalue weighted by Gasteiger charge is 2.30. The van der Waals surface area contributed by atoms with E-state index in [4.69, 9.17) is 37.0 Å². The van der Waals surface area contributed by atoms with Crippen LogP contribution in [-0.2, 0) is 65.4 Å². The number of rotatable bonds is 65. The van der Waals surface area contributed by atoms with E-state index in [9.17, 15) is 43.2 Å². The van der Waals surface area contributed by atoms with Crippen LogP contribution in [0.2, 0.25) is 0 Å². The van der Waals surface area contributed by atoms with Crippen LogP contribution in [0.4, 0.5) is 0 Å². The molecule has 0 aliphatic heterocycles. The summed E-state index contributed by atoms with van der Waals surface area (Å²) in [6.45, 7) is 14.0. The SMILES string of the molecule is CCC(C)CCCCCCCCCCCCC(=O)OC[C@H](COP(=O)(O)OCC(O)COP(=O)(O)OC[C@@H](COC(=O)CCCCCCCCCCC(C)C)OC(=O)CCCCCCCCCCCC(C)C)OC(=O)CCCCCCCCCC(C)C. The van der Waals surface area contributed by atoms with Crippen molar-refractivity contribution in [2.75, 3.05) is 39.6 Å². The molecule has 19 heteroatoms. The van der Waals surface area contributed by atoms with E-state index in [0.717, 1.165) is 108 Å². The van der Waals surface area contributed by atoms with Gasteiger partial charge in [0.1, 0.15) is 19.3 Å². The first-order valence-corrected chi connectivity index (χ1v) is 38.2. The topological polar surface area (TPSA) is 237 Å². The third kappa shape index (κ3) is 61.3. The quantitative estimate of drug-likeness (QED) is 0.0222. The van der Waals surface area contributed by atoms with E-state index in [1.165, 1.54) is 135 Å². The van der Waals surface area contributed by atoms with E-state index in [0.29, 0.717) is 31.6 Å². The zero-order chi connectivity index (χ0) is 64.7. The Bertz CT molecular complexity index is 1730. The standard InChI is InChI=1S/C68H132O17P2/c1-9-61(8)47-39-31-23-14-10-11-15-24-32-40-48-65(70)78-55-64(85-68(73)51-43-35-27-19-22-30-38-46-60(6)7)57-83-87(76,77)81-53-62(69)52-80-86(74,75)82-56-63(54-79-66(71)49-41-33-25-18-17-21-29-37-45-59(4)5)84-67(72)50-42-34-26-16-12-13-20-28-36-44-58(2)3/h58-64,69H,9-57H2,1-8H3,(H,74,75)(H,76,77)/t61?,62?,63-,64-/m1/s1.